The zero-order chi connectivity index (χ0) is 15.8. The van der Waals surface area contributed by atoms with E-state index < -0.39 is 0 Å². The van der Waals surface area contributed by atoms with Crippen LogP contribution in [-0.4, -0.2) is 22.4 Å². The summed E-state index contributed by atoms with van der Waals surface area (Å²) in [5, 5.41) is 7.13. The first-order valence-electron chi connectivity index (χ1n) is 6.62. The number of benzene rings is 1. The van der Waals surface area contributed by atoms with Crippen LogP contribution >= 0.6 is 35.6 Å². The third kappa shape index (κ3) is 5.44. The molecule has 0 saturated heterocycles. The summed E-state index contributed by atoms with van der Waals surface area (Å²) in [5.41, 5.74) is 1.39. The lowest BCUT2D eigenvalue weighted by Crippen LogP contribution is -2.30. The molecule has 2 aromatic rings. The Kier molecular flexibility index (Phi) is 6.89. The molecule has 3 nitrogen and oxygen atoms in total. The maximum Gasteiger partial charge on any atom is 0.170 e. The van der Waals surface area contributed by atoms with Crippen LogP contribution in [0, 0.1) is 5.82 Å². The van der Waals surface area contributed by atoms with E-state index in [0.717, 1.165) is 11.4 Å². The molecule has 0 fully saturated rings. The van der Waals surface area contributed by atoms with Crippen LogP contribution in [0.15, 0.2) is 42.7 Å². The Labute approximate surface area is 143 Å². The second kappa shape index (κ2) is 8.92. The molecule has 1 aromatic heterocycles. The zero-order valence-corrected chi connectivity index (χ0v) is 14.1. The van der Waals surface area contributed by atoms with Crippen molar-refractivity contribution in [3.8, 4) is 0 Å². The van der Waals surface area contributed by atoms with Gasteiger partial charge in [0.25, 0.3) is 0 Å². The Hall–Kier alpha value is -1.37. The van der Waals surface area contributed by atoms with Crippen LogP contribution in [-0.2, 0) is 5.75 Å². The van der Waals surface area contributed by atoms with Gasteiger partial charge < -0.3 is 10.6 Å². The normalized spacial score (nSPS) is 10.3. The molecule has 0 aliphatic rings. The van der Waals surface area contributed by atoms with Gasteiger partial charge in [-0.3, -0.25) is 4.98 Å². The zero-order valence-electron chi connectivity index (χ0n) is 11.7. The third-order valence-corrected chi connectivity index (χ3v) is 4.35. The van der Waals surface area contributed by atoms with E-state index in [1.807, 2.05) is 12.1 Å². The fraction of sp³-hybridized carbons (Fsp3) is 0.200. The molecule has 116 valence electrons. The smallest absolute Gasteiger partial charge is 0.170 e. The summed E-state index contributed by atoms with van der Waals surface area (Å²) in [6.45, 7) is 0.683. The first kappa shape index (κ1) is 17.0. The number of thioether (sulfide) groups is 1. The van der Waals surface area contributed by atoms with E-state index in [1.165, 1.54) is 6.07 Å². The molecule has 0 atom stereocenters. The topological polar surface area (TPSA) is 37.0 Å². The molecule has 0 aliphatic carbocycles. The summed E-state index contributed by atoms with van der Waals surface area (Å²) in [5.74, 6) is 1.07. The Morgan fingerprint density at radius 3 is 2.91 bits per heavy atom. The standard InChI is InChI=1S/C15H15ClFN3S2/c16-13-4-1-5-14(17)12(13)10-22-8-7-19-15(21)20-11-3-2-6-18-9-11/h1-6,9H,7-8,10H2,(H2,19,20,21). The van der Waals surface area contributed by atoms with E-state index in [9.17, 15) is 4.39 Å². The molecule has 2 N–H and O–H groups in total. The fourth-order valence-corrected chi connectivity index (χ4v) is 3.11. The van der Waals surface area contributed by atoms with Crippen molar-refractivity contribution in [2.75, 3.05) is 17.6 Å². The van der Waals surface area contributed by atoms with Gasteiger partial charge >= 0.3 is 0 Å². The van der Waals surface area contributed by atoms with Crippen molar-refractivity contribution < 1.29 is 4.39 Å². The van der Waals surface area contributed by atoms with Gasteiger partial charge in [-0.25, -0.2) is 4.39 Å². The molecule has 1 aromatic carbocycles. The van der Waals surface area contributed by atoms with E-state index in [2.05, 4.69) is 15.6 Å². The molecular formula is C15H15ClFN3S2. The van der Waals surface area contributed by atoms with Crippen molar-refractivity contribution in [3.05, 3.63) is 59.1 Å². The van der Waals surface area contributed by atoms with Gasteiger partial charge in [0.05, 0.1) is 11.9 Å². The molecule has 2 rings (SSSR count). The lowest BCUT2D eigenvalue weighted by molar-refractivity contribution is 0.617. The first-order chi connectivity index (χ1) is 10.7. The number of nitrogens with zero attached hydrogens (tertiary/aromatic N) is 1. The number of thiocarbonyl (C=S) groups is 1. The second-order valence-corrected chi connectivity index (χ2v) is 6.30. The molecule has 1 heterocycles. The molecule has 0 radical (unpaired) electrons. The molecule has 22 heavy (non-hydrogen) atoms. The number of halogens is 2. The van der Waals surface area contributed by atoms with E-state index in [4.69, 9.17) is 23.8 Å². The number of pyridine rings is 1. The number of hydrogen-bond donors (Lipinski definition) is 2. The Morgan fingerprint density at radius 1 is 1.32 bits per heavy atom. The maximum absolute atomic E-state index is 13.6. The van der Waals surface area contributed by atoms with Crippen molar-refractivity contribution in [1.29, 1.82) is 0 Å². The molecule has 0 amide bonds. The van der Waals surface area contributed by atoms with Crippen LogP contribution < -0.4 is 10.6 Å². The Bertz CT molecular complexity index is 605. The van der Waals surface area contributed by atoms with E-state index >= 15 is 0 Å². The van der Waals surface area contributed by atoms with Gasteiger partial charge in [0.15, 0.2) is 5.11 Å². The monoisotopic (exact) mass is 355 g/mol. The predicted molar refractivity (Wildman–Crippen MR) is 96.0 cm³/mol. The minimum atomic E-state index is -0.262. The number of hydrogen-bond acceptors (Lipinski definition) is 3. The van der Waals surface area contributed by atoms with Crippen molar-refractivity contribution in [3.63, 3.8) is 0 Å². The van der Waals surface area contributed by atoms with Crippen LogP contribution in [0.2, 0.25) is 5.02 Å². The van der Waals surface area contributed by atoms with E-state index in [1.54, 1.807) is 36.3 Å². The fourth-order valence-electron chi connectivity index (χ4n) is 1.69. The van der Waals surface area contributed by atoms with Gasteiger partial charge in [0.2, 0.25) is 0 Å². The number of nitrogens with one attached hydrogen (secondary N) is 2. The van der Waals surface area contributed by atoms with E-state index in [0.29, 0.717) is 28.0 Å². The number of aromatic nitrogens is 1. The highest BCUT2D eigenvalue weighted by atomic mass is 35.5. The predicted octanol–water partition coefficient (Wildman–Crippen LogP) is 4.09. The summed E-state index contributed by atoms with van der Waals surface area (Å²) in [4.78, 5) is 4.00. The van der Waals surface area contributed by atoms with Gasteiger partial charge in [0.1, 0.15) is 5.82 Å². The minimum absolute atomic E-state index is 0.262. The third-order valence-electron chi connectivity index (χ3n) is 2.76. The summed E-state index contributed by atoms with van der Waals surface area (Å²) in [6.07, 6.45) is 3.40. The lowest BCUT2D eigenvalue weighted by Gasteiger charge is -2.10. The Morgan fingerprint density at radius 2 is 2.18 bits per heavy atom. The second-order valence-electron chi connectivity index (χ2n) is 4.38. The first-order valence-corrected chi connectivity index (χ1v) is 8.56. The van der Waals surface area contributed by atoms with Crippen LogP contribution in [0.3, 0.4) is 0 Å². The summed E-state index contributed by atoms with van der Waals surface area (Å²) in [6, 6.07) is 8.45. The average Bonchev–Trinajstić information content (AvgIpc) is 2.50. The van der Waals surface area contributed by atoms with E-state index in [-0.39, 0.29) is 5.82 Å². The molecule has 0 bridgehead atoms. The largest absolute Gasteiger partial charge is 0.362 e. The van der Waals surface area contributed by atoms with Crippen molar-refractivity contribution >= 4 is 46.4 Å². The number of rotatable bonds is 6. The van der Waals surface area contributed by atoms with Gasteiger partial charge in [-0.2, -0.15) is 11.8 Å². The Balaban J connectivity index is 1.66. The van der Waals surface area contributed by atoms with Crippen LogP contribution in [0.25, 0.3) is 0 Å². The minimum Gasteiger partial charge on any atom is -0.362 e. The quantitative estimate of drug-likeness (QED) is 0.603. The van der Waals surface area contributed by atoms with Crippen LogP contribution in [0.4, 0.5) is 10.1 Å². The van der Waals surface area contributed by atoms with Crippen molar-refractivity contribution in [2.24, 2.45) is 0 Å². The molecule has 0 aliphatic heterocycles. The highest BCUT2D eigenvalue weighted by Crippen LogP contribution is 2.23. The van der Waals surface area contributed by atoms with Gasteiger partial charge in [-0.05, 0) is 36.5 Å². The van der Waals surface area contributed by atoms with Crippen LogP contribution in [0.1, 0.15) is 5.56 Å². The van der Waals surface area contributed by atoms with Gasteiger partial charge in [0, 0.05) is 34.8 Å². The molecule has 0 saturated carbocycles. The van der Waals surface area contributed by atoms with Crippen molar-refractivity contribution in [2.45, 2.75) is 5.75 Å². The maximum atomic E-state index is 13.6. The summed E-state index contributed by atoms with van der Waals surface area (Å²) in [7, 11) is 0. The lowest BCUT2D eigenvalue weighted by atomic mass is 10.2. The SMILES string of the molecule is Fc1cccc(Cl)c1CSCCNC(=S)Nc1cccnc1. The summed E-state index contributed by atoms with van der Waals surface area (Å²) < 4.78 is 13.6. The molecular weight excluding hydrogens is 341 g/mol. The highest BCUT2D eigenvalue weighted by Gasteiger charge is 2.06. The number of anilines is 1. The van der Waals surface area contributed by atoms with Crippen LogP contribution in [0.5, 0.6) is 0 Å². The van der Waals surface area contributed by atoms with Crippen molar-refractivity contribution in [1.82, 2.24) is 10.3 Å². The highest BCUT2D eigenvalue weighted by molar-refractivity contribution is 7.98. The molecule has 0 unspecified atom stereocenters. The van der Waals surface area contributed by atoms with Gasteiger partial charge in [-0.1, -0.05) is 17.7 Å². The van der Waals surface area contributed by atoms with Gasteiger partial charge in [-0.15, -0.1) is 0 Å². The molecule has 7 heteroatoms. The molecule has 0 spiro atoms. The summed E-state index contributed by atoms with van der Waals surface area (Å²) >= 11 is 12.8. The average molecular weight is 356 g/mol.